The molecule has 3 aromatic rings. The monoisotopic (exact) mass is 544 g/mol. The molecule has 2 aliphatic rings. The van der Waals surface area contributed by atoms with Crippen LogP contribution in [0.1, 0.15) is 48.4 Å². The van der Waals surface area contributed by atoms with Crippen molar-refractivity contribution in [2.24, 2.45) is 5.92 Å². The molecule has 4 unspecified atom stereocenters. The average Bonchev–Trinajstić information content (AvgIpc) is 3.60. The first-order valence-electron chi connectivity index (χ1n) is 13.8. The molecule has 0 aromatic heterocycles. The number of aldehydes is 1. The summed E-state index contributed by atoms with van der Waals surface area (Å²) in [6.45, 7) is 5.34. The van der Waals surface area contributed by atoms with Crippen LogP contribution in [0.2, 0.25) is 0 Å². The van der Waals surface area contributed by atoms with E-state index in [0.717, 1.165) is 41.5 Å². The van der Waals surface area contributed by atoms with E-state index >= 15 is 0 Å². The van der Waals surface area contributed by atoms with Crippen molar-refractivity contribution in [1.29, 1.82) is 0 Å². The van der Waals surface area contributed by atoms with Crippen molar-refractivity contribution in [3.63, 3.8) is 0 Å². The van der Waals surface area contributed by atoms with Crippen molar-refractivity contribution in [2.45, 2.75) is 44.8 Å². The second kappa shape index (κ2) is 12.0. The van der Waals surface area contributed by atoms with Gasteiger partial charge in [0, 0.05) is 24.7 Å². The smallest absolute Gasteiger partial charge is 0.309 e. The van der Waals surface area contributed by atoms with Crippen molar-refractivity contribution in [2.75, 3.05) is 31.9 Å². The Morgan fingerprint density at radius 3 is 2.52 bits per heavy atom. The zero-order valence-electron chi connectivity index (χ0n) is 23.2. The summed E-state index contributed by atoms with van der Waals surface area (Å²) in [5.74, 6) is -0.158. The SMILES string of the molecule is CCCCN(c1cccc(C)c1)C(C=O)N1CC(c2ccc3c(c2)OCO3)C(C(=O)O)C1c1ccc(OC)cc1. The Kier molecular flexibility index (Phi) is 8.26. The van der Waals surface area contributed by atoms with E-state index in [9.17, 15) is 14.7 Å². The van der Waals surface area contributed by atoms with Gasteiger partial charge in [0.2, 0.25) is 6.79 Å². The van der Waals surface area contributed by atoms with E-state index in [2.05, 4.69) is 22.8 Å². The van der Waals surface area contributed by atoms with Gasteiger partial charge in [0.15, 0.2) is 17.8 Å². The molecule has 2 aliphatic heterocycles. The van der Waals surface area contributed by atoms with E-state index in [1.54, 1.807) is 7.11 Å². The molecule has 0 aliphatic carbocycles. The first-order valence-corrected chi connectivity index (χ1v) is 13.8. The minimum atomic E-state index is -0.911. The number of carboxylic acid groups (broad SMARTS) is 1. The van der Waals surface area contributed by atoms with Crippen molar-refractivity contribution < 1.29 is 28.9 Å². The number of aryl methyl sites for hydroxylation is 1. The van der Waals surface area contributed by atoms with Gasteiger partial charge < -0.3 is 24.2 Å². The molecular formula is C32H36N2O6. The molecule has 1 N–H and O–H groups in total. The first kappa shape index (κ1) is 27.5. The number of methoxy groups -OCH3 is 1. The molecule has 4 atom stereocenters. The summed E-state index contributed by atoms with van der Waals surface area (Å²) in [4.78, 5) is 30.2. The average molecular weight is 545 g/mol. The quantitative estimate of drug-likeness (QED) is 0.321. The van der Waals surface area contributed by atoms with Crippen LogP contribution in [-0.2, 0) is 9.59 Å². The van der Waals surface area contributed by atoms with Crippen molar-refractivity contribution in [3.05, 3.63) is 83.4 Å². The lowest BCUT2D eigenvalue weighted by Gasteiger charge is -2.39. The maximum Gasteiger partial charge on any atom is 0.309 e. The highest BCUT2D eigenvalue weighted by atomic mass is 16.7. The van der Waals surface area contributed by atoms with E-state index in [1.807, 2.05) is 67.6 Å². The van der Waals surface area contributed by atoms with Crippen LogP contribution in [0, 0.1) is 12.8 Å². The number of rotatable bonds is 11. The van der Waals surface area contributed by atoms with Gasteiger partial charge in [-0.05, 0) is 66.4 Å². The minimum Gasteiger partial charge on any atom is -0.497 e. The number of anilines is 1. The number of carboxylic acids is 1. The standard InChI is InChI=1S/C32H36N2O6/c1-4-5-15-33(24-8-6-7-21(2)16-24)29(19-35)34-18-26(23-11-14-27-28(17-23)40-20-39-27)30(32(36)37)31(34)22-9-12-25(38-3)13-10-22/h6-14,16-17,19,26,29-31H,4-5,15,18,20H2,1-3H3,(H,36,37). The van der Waals surface area contributed by atoms with Gasteiger partial charge in [0.05, 0.1) is 19.1 Å². The van der Waals surface area contributed by atoms with E-state index in [0.29, 0.717) is 30.3 Å². The summed E-state index contributed by atoms with van der Waals surface area (Å²) < 4.78 is 16.5. The number of nitrogens with zero attached hydrogens (tertiary/aromatic N) is 2. The highest BCUT2D eigenvalue weighted by Gasteiger charge is 2.50. The number of unbranched alkanes of at least 4 members (excludes halogenated alkanes) is 1. The summed E-state index contributed by atoms with van der Waals surface area (Å²) in [6.07, 6.45) is 2.15. The third-order valence-corrected chi connectivity index (χ3v) is 7.97. The second-order valence-electron chi connectivity index (χ2n) is 10.4. The van der Waals surface area contributed by atoms with Gasteiger partial charge in [-0.3, -0.25) is 14.5 Å². The third kappa shape index (κ3) is 5.36. The Bertz CT molecular complexity index is 1340. The summed E-state index contributed by atoms with van der Waals surface area (Å²) in [5, 5.41) is 10.7. The van der Waals surface area contributed by atoms with Crippen LogP contribution in [-0.4, -0.2) is 55.4 Å². The van der Waals surface area contributed by atoms with Gasteiger partial charge in [-0.15, -0.1) is 0 Å². The van der Waals surface area contributed by atoms with E-state index in [-0.39, 0.29) is 12.7 Å². The van der Waals surface area contributed by atoms with Crippen molar-refractivity contribution in [3.8, 4) is 17.2 Å². The number of likely N-dealkylation sites (tertiary alicyclic amines) is 1. The molecule has 8 nitrogen and oxygen atoms in total. The number of carbonyl (C=O) groups excluding carboxylic acids is 1. The maximum absolute atomic E-state index is 13.0. The molecule has 2 heterocycles. The van der Waals surface area contributed by atoms with Crippen LogP contribution in [0.15, 0.2) is 66.7 Å². The zero-order valence-corrected chi connectivity index (χ0v) is 23.2. The summed E-state index contributed by atoms with van der Waals surface area (Å²) in [5.41, 5.74) is 3.71. The van der Waals surface area contributed by atoms with Gasteiger partial charge in [-0.2, -0.15) is 0 Å². The number of benzene rings is 3. The van der Waals surface area contributed by atoms with Gasteiger partial charge >= 0.3 is 5.97 Å². The third-order valence-electron chi connectivity index (χ3n) is 7.97. The number of fused-ring (bicyclic) bond motifs is 1. The molecule has 8 heteroatoms. The molecule has 1 fully saturated rings. The normalized spacial score (nSPS) is 20.7. The predicted octanol–water partition coefficient (Wildman–Crippen LogP) is 5.41. The Balaban J connectivity index is 1.62. The van der Waals surface area contributed by atoms with Crippen LogP contribution in [0.5, 0.6) is 17.2 Å². The van der Waals surface area contributed by atoms with Crippen LogP contribution < -0.4 is 19.1 Å². The summed E-state index contributed by atoms with van der Waals surface area (Å²) in [6, 6.07) is 20.7. The lowest BCUT2D eigenvalue weighted by atomic mass is 9.82. The van der Waals surface area contributed by atoms with Gasteiger partial charge in [0.1, 0.15) is 11.9 Å². The van der Waals surface area contributed by atoms with Crippen LogP contribution in [0.3, 0.4) is 0 Å². The zero-order chi connectivity index (χ0) is 28.2. The molecule has 0 bridgehead atoms. The highest BCUT2D eigenvalue weighted by molar-refractivity contribution is 5.75. The van der Waals surface area contributed by atoms with E-state index in [1.165, 1.54) is 0 Å². The number of carbonyl (C=O) groups is 2. The van der Waals surface area contributed by atoms with Crippen LogP contribution >= 0.6 is 0 Å². The molecule has 5 rings (SSSR count). The fourth-order valence-electron chi connectivity index (χ4n) is 6.00. The molecule has 0 spiro atoms. The Morgan fingerprint density at radius 2 is 1.85 bits per heavy atom. The molecule has 3 aromatic carbocycles. The van der Waals surface area contributed by atoms with Crippen LogP contribution in [0.25, 0.3) is 0 Å². The second-order valence-corrected chi connectivity index (χ2v) is 10.4. The predicted molar refractivity (Wildman–Crippen MR) is 152 cm³/mol. The molecule has 210 valence electrons. The molecule has 1 saturated heterocycles. The lowest BCUT2D eigenvalue weighted by molar-refractivity contribution is -0.143. The molecule has 0 amide bonds. The lowest BCUT2D eigenvalue weighted by Crippen LogP contribution is -2.50. The Morgan fingerprint density at radius 1 is 1.10 bits per heavy atom. The van der Waals surface area contributed by atoms with Crippen LogP contribution in [0.4, 0.5) is 5.69 Å². The van der Waals surface area contributed by atoms with Gasteiger partial charge in [-0.25, -0.2) is 0 Å². The number of ether oxygens (including phenoxy) is 3. The fourth-order valence-corrected chi connectivity index (χ4v) is 6.00. The number of hydrogen-bond donors (Lipinski definition) is 1. The number of hydrogen-bond acceptors (Lipinski definition) is 7. The largest absolute Gasteiger partial charge is 0.497 e. The van der Waals surface area contributed by atoms with Crippen molar-refractivity contribution >= 4 is 17.9 Å². The molecular weight excluding hydrogens is 508 g/mol. The highest BCUT2D eigenvalue weighted by Crippen LogP contribution is 2.49. The Labute approximate surface area is 235 Å². The van der Waals surface area contributed by atoms with Gasteiger partial charge in [-0.1, -0.05) is 43.7 Å². The van der Waals surface area contributed by atoms with E-state index in [4.69, 9.17) is 14.2 Å². The van der Waals surface area contributed by atoms with Crippen molar-refractivity contribution in [1.82, 2.24) is 4.90 Å². The van der Waals surface area contributed by atoms with Gasteiger partial charge in [0.25, 0.3) is 0 Å². The fraction of sp³-hybridized carbons (Fsp3) is 0.375. The molecule has 0 saturated carbocycles. The topological polar surface area (TPSA) is 88.5 Å². The summed E-state index contributed by atoms with van der Waals surface area (Å²) in [7, 11) is 1.60. The first-order chi connectivity index (χ1) is 19.4. The number of aliphatic carboxylic acids is 1. The Hall–Kier alpha value is -4.04. The van der Waals surface area contributed by atoms with E-state index < -0.39 is 24.1 Å². The maximum atomic E-state index is 13.0. The molecule has 40 heavy (non-hydrogen) atoms. The minimum absolute atomic E-state index is 0.141. The molecule has 0 radical (unpaired) electrons. The summed E-state index contributed by atoms with van der Waals surface area (Å²) >= 11 is 0.